The molecule has 4 nitrogen and oxygen atoms in total. The van der Waals surface area contributed by atoms with Crippen molar-refractivity contribution in [2.75, 3.05) is 68.3 Å². The van der Waals surface area contributed by atoms with Crippen molar-refractivity contribution in [3.8, 4) is 0 Å². The minimum Gasteiger partial charge on any atom is -0.331 e. The van der Waals surface area contributed by atoms with Gasteiger partial charge in [0.15, 0.2) is 7.37 Å². The molecule has 0 saturated heterocycles. The molecule has 0 aliphatic heterocycles. The van der Waals surface area contributed by atoms with Gasteiger partial charge in [0, 0.05) is 19.8 Å². The van der Waals surface area contributed by atoms with Crippen molar-refractivity contribution < 1.29 is 13.6 Å². The van der Waals surface area contributed by atoms with Crippen LogP contribution in [0, 0.1) is 21.7 Å². The average molecular weight is 642 g/mol. The molecular weight excluding hydrogens is 547 g/mol. The summed E-state index contributed by atoms with van der Waals surface area (Å²) < 4.78 is 17.5. The van der Waals surface area contributed by atoms with E-state index in [1.165, 1.54) is 51.6 Å². The van der Waals surface area contributed by atoms with Crippen LogP contribution in [-0.2, 0) is 9.09 Å². The van der Waals surface area contributed by atoms with E-state index in [4.69, 9.17) is 4.52 Å². The molecule has 0 unspecified atom stereocenters. The molecule has 0 atom stereocenters. The lowest BCUT2D eigenvalue weighted by molar-refractivity contribution is -0.871. The quantitative estimate of drug-likeness (QED) is 0.132. The van der Waals surface area contributed by atoms with E-state index in [0.717, 1.165) is 17.3 Å². The van der Waals surface area contributed by atoms with Gasteiger partial charge in [-0.05, 0) is 55.1 Å². The fraction of sp³-hybridized carbons (Fsp3) is 1.00. The lowest BCUT2D eigenvalue weighted by Gasteiger charge is -2.29. The van der Waals surface area contributed by atoms with Gasteiger partial charge in [-0.25, -0.2) is 0 Å². The Hall–Kier alpha value is 0.110. The topological polar surface area (TPSA) is 29.5 Å². The highest BCUT2D eigenvalue weighted by molar-refractivity contribution is 7.57. The highest BCUT2D eigenvalue weighted by atomic mass is 31.2. The Morgan fingerprint density at radius 3 is 1.12 bits per heavy atom. The number of hydrogen-bond donors (Lipinski definition) is 0. The Morgan fingerprint density at radius 1 is 0.581 bits per heavy atom. The van der Waals surface area contributed by atoms with Gasteiger partial charge in [-0.3, -0.25) is 4.57 Å². The summed E-state index contributed by atoms with van der Waals surface area (Å²) in [4.78, 5) is 2.25. The number of nitrogens with zero attached hydrogens (tertiary/aromatic N) is 2. The molecule has 0 radical (unpaired) electrons. The Morgan fingerprint density at radius 2 is 0.884 bits per heavy atom. The lowest BCUT2D eigenvalue weighted by Crippen LogP contribution is -2.37. The van der Waals surface area contributed by atoms with Crippen molar-refractivity contribution >= 4 is 7.37 Å². The zero-order valence-electron chi connectivity index (χ0n) is 31.9. The van der Waals surface area contributed by atoms with E-state index in [0.29, 0.717) is 28.3 Å². The first kappa shape index (κ1) is 58.6. The summed E-state index contributed by atoms with van der Waals surface area (Å²) >= 11 is 0. The molecule has 0 spiro atoms. The Balaban J connectivity index is -0.0000000797. The molecule has 272 valence electrons. The maximum atomic E-state index is 11.2. The third kappa shape index (κ3) is 52.0. The molecule has 0 aromatic rings. The second kappa shape index (κ2) is 27.2. The first-order valence-corrected chi connectivity index (χ1v) is 18.8. The summed E-state index contributed by atoms with van der Waals surface area (Å²) in [6.45, 7) is 36.0. The van der Waals surface area contributed by atoms with Crippen LogP contribution < -0.4 is 0 Å². The third-order valence-electron chi connectivity index (χ3n) is 8.66. The van der Waals surface area contributed by atoms with Crippen LogP contribution in [0.5, 0.6) is 0 Å². The molecule has 0 rings (SSSR count). The van der Waals surface area contributed by atoms with E-state index < -0.39 is 7.37 Å². The normalized spacial score (nSPS) is 12.1. The highest BCUT2D eigenvalue weighted by Crippen LogP contribution is 2.38. The number of quaternary nitrogens is 1. The van der Waals surface area contributed by atoms with Gasteiger partial charge in [-0.2, -0.15) is 0 Å². The zero-order valence-corrected chi connectivity index (χ0v) is 32.8. The van der Waals surface area contributed by atoms with Gasteiger partial charge in [0.05, 0.1) is 34.3 Å². The van der Waals surface area contributed by atoms with Crippen molar-refractivity contribution in [2.24, 2.45) is 21.7 Å². The van der Waals surface area contributed by atoms with Crippen LogP contribution in [0.15, 0.2) is 0 Å². The van der Waals surface area contributed by atoms with Crippen LogP contribution in [0.25, 0.3) is 0 Å². The molecular formula is C38H94N2O2P+. The maximum Gasteiger partial charge on any atom is 0.197 e. The monoisotopic (exact) mass is 642 g/mol. The van der Waals surface area contributed by atoms with Gasteiger partial charge in [0.2, 0.25) is 0 Å². The van der Waals surface area contributed by atoms with E-state index in [2.05, 4.69) is 130 Å². The van der Waals surface area contributed by atoms with E-state index in [1.807, 2.05) is 0 Å². The molecule has 0 N–H and O–H groups in total. The Kier molecular flexibility index (Phi) is 37.1. The van der Waals surface area contributed by atoms with Crippen LogP contribution in [0.1, 0.15) is 164 Å². The van der Waals surface area contributed by atoms with Gasteiger partial charge in [0.25, 0.3) is 0 Å². The molecule has 0 aliphatic rings. The van der Waals surface area contributed by atoms with Crippen molar-refractivity contribution in [3.63, 3.8) is 0 Å². The van der Waals surface area contributed by atoms with E-state index in [1.54, 1.807) is 13.3 Å². The van der Waals surface area contributed by atoms with Crippen LogP contribution in [0.2, 0.25) is 0 Å². The van der Waals surface area contributed by atoms with Crippen molar-refractivity contribution in [2.45, 2.75) is 164 Å². The first-order chi connectivity index (χ1) is 17.6. The molecule has 0 fully saturated rings. The van der Waals surface area contributed by atoms with Crippen LogP contribution in [0.4, 0.5) is 0 Å². The minimum atomic E-state index is -2.26. The molecule has 0 bridgehead atoms. The fourth-order valence-corrected chi connectivity index (χ4v) is 3.02. The van der Waals surface area contributed by atoms with Crippen molar-refractivity contribution in [1.82, 2.24) is 4.90 Å². The van der Waals surface area contributed by atoms with Crippen LogP contribution in [0.3, 0.4) is 0 Å². The van der Waals surface area contributed by atoms with Crippen LogP contribution in [-0.4, -0.2) is 77.6 Å². The predicted molar refractivity (Wildman–Crippen MR) is 207 cm³/mol. The van der Waals surface area contributed by atoms with Crippen LogP contribution >= 0.6 is 7.37 Å². The summed E-state index contributed by atoms with van der Waals surface area (Å²) in [5.74, 6) is 0. The predicted octanol–water partition coefficient (Wildman–Crippen LogP) is 13.0. The molecule has 0 amide bonds. The first-order valence-electron chi connectivity index (χ1n) is 16.3. The van der Waals surface area contributed by atoms with E-state index in [9.17, 15) is 4.57 Å². The summed E-state index contributed by atoms with van der Waals surface area (Å²) in [6.07, 6.45) is 9.90. The zero-order chi connectivity index (χ0) is 33.1. The Bertz CT molecular complexity index is 620. The summed E-state index contributed by atoms with van der Waals surface area (Å²) in [5.41, 5.74) is 1.96. The SMILES string of the molecule is C.C.C.CCC(C)(C)CC.CCC(C)(C)CCN(C)C.CCC(C)(C)CCOP(C)(C)=O.CCC(C)(C)CC[N+](C)(C)C. The smallest absolute Gasteiger partial charge is 0.197 e. The second-order valence-corrected chi connectivity index (χ2v) is 19.3. The average Bonchev–Trinajstić information content (AvgIpc) is 2.81. The number of rotatable bonds is 15. The molecule has 43 heavy (non-hydrogen) atoms. The molecule has 0 aliphatic carbocycles. The lowest BCUT2D eigenvalue weighted by atomic mass is 9.86. The van der Waals surface area contributed by atoms with Gasteiger partial charge >= 0.3 is 0 Å². The van der Waals surface area contributed by atoms with Gasteiger partial charge in [-0.15, -0.1) is 0 Å². The van der Waals surface area contributed by atoms with E-state index >= 15 is 0 Å². The molecule has 0 heterocycles. The van der Waals surface area contributed by atoms with Gasteiger partial charge in [0.1, 0.15) is 0 Å². The van der Waals surface area contributed by atoms with Gasteiger partial charge < -0.3 is 13.9 Å². The molecule has 0 aromatic carbocycles. The highest BCUT2D eigenvalue weighted by Gasteiger charge is 2.19. The number of hydrogen-bond acceptors (Lipinski definition) is 3. The summed E-state index contributed by atoms with van der Waals surface area (Å²) in [5, 5.41) is 0. The third-order valence-corrected chi connectivity index (χ3v) is 9.47. The van der Waals surface area contributed by atoms with E-state index in [-0.39, 0.29) is 22.3 Å². The summed E-state index contributed by atoms with van der Waals surface area (Å²) in [7, 11) is 8.77. The van der Waals surface area contributed by atoms with Crippen molar-refractivity contribution in [1.29, 1.82) is 0 Å². The second-order valence-electron chi connectivity index (χ2n) is 16.6. The summed E-state index contributed by atoms with van der Waals surface area (Å²) in [6, 6.07) is 0. The van der Waals surface area contributed by atoms with Gasteiger partial charge in [-0.1, -0.05) is 144 Å². The minimum absolute atomic E-state index is 0. The Labute approximate surface area is 278 Å². The largest absolute Gasteiger partial charge is 0.331 e. The maximum absolute atomic E-state index is 11.2. The molecule has 5 heteroatoms. The standard InChI is InChI=1S/C10H24N.C9H21N.C9H21O2P.C7H16.3CH4/c1-7-10(2,3)8-9-11(4,5)6;1-6-9(2,3)7-8-10(4)5;1-6-9(2,3)7-8-11-12(4,5)10;1-5-7(3,4)6-2;;;/h7-9H2,1-6H3;6-8H2,1-5H3;6-8H2,1-5H3;5-6H2,1-4H3;3*1H4/q+1;;;;;;. The molecule has 0 saturated carbocycles. The molecule has 0 aromatic heterocycles. The fourth-order valence-electron chi connectivity index (χ4n) is 2.49. The van der Waals surface area contributed by atoms with Crippen molar-refractivity contribution in [3.05, 3.63) is 0 Å².